The number of nitrogens with one attached hydrogen (secondary N) is 1. The van der Waals surface area contributed by atoms with Crippen LogP contribution in [0.2, 0.25) is 10.0 Å². The lowest BCUT2D eigenvalue weighted by Crippen LogP contribution is -2.51. The lowest BCUT2D eigenvalue weighted by molar-refractivity contribution is -0.139. The average Bonchev–Trinajstić information content (AvgIpc) is 2.90. The van der Waals surface area contributed by atoms with Gasteiger partial charge in [0.15, 0.2) is 0 Å². The van der Waals surface area contributed by atoms with Crippen molar-refractivity contribution in [2.45, 2.75) is 45.2 Å². The highest BCUT2D eigenvalue weighted by atomic mass is 35.5. The molecule has 3 aromatic rings. The predicted octanol–water partition coefficient (Wildman–Crippen LogP) is 5.69. The molecule has 0 fully saturated rings. The van der Waals surface area contributed by atoms with E-state index in [4.69, 9.17) is 23.2 Å². The third-order valence-corrected chi connectivity index (χ3v) is 8.65. The van der Waals surface area contributed by atoms with Gasteiger partial charge >= 0.3 is 0 Å². The summed E-state index contributed by atoms with van der Waals surface area (Å²) in [6.45, 7) is 7.45. The largest absolute Gasteiger partial charge is 0.354 e. The molecular formula is C29H33Cl2N3O4S. The van der Waals surface area contributed by atoms with Gasteiger partial charge in [0, 0.05) is 13.1 Å². The summed E-state index contributed by atoms with van der Waals surface area (Å²) in [7, 11) is -4.19. The molecule has 7 nitrogen and oxygen atoms in total. The molecule has 1 atom stereocenters. The number of aryl methyl sites for hydroxylation is 1. The Labute approximate surface area is 240 Å². The highest BCUT2D eigenvalue weighted by molar-refractivity contribution is 7.92. The van der Waals surface area contributed by atoms with Crippen molar-refractivity contribution >= 4 is 50.7 Å². The van der Waals surface area contributed by atoms with Crippen molar-refractivity contribution in [3.05, 3.63) is 94.0 Å². The summed E-state index contributed by atoms with van der Waals surface area (Å²) in [4.78, 5) is 28.3. The number of hydrogen-bond acceptors (Lipinski definition) is 4. The minimum absolute atomic E-state index is 0.0179. The van der Waals surface area contributed by atoms with E-state index in [0.29, 0.717) is 6.54 Å². The van der Waals surface area contributed by atoms with E-state index < -0.39 is 28.5 Å². The van der Waals surface area contributed by atoms with Crippen molar-refractivity contribution in [1.29, 1.82) is 0 Å². The van der Waals surface area contributed by atoms with Gasteiger partial charge in [-0.25, -0.2) is 8.42 Å². The van der Waals surface area contributed by atoms with Gasteiger partial charge in [0.2, 0.25) is 11.8 Å². The maximum Gasteiger partial charge on any atom is 0.264 e. The highest BCUT2D eigenvalue weighted by Crippen LogP contribution is 2.31. The smallest absolute Gasteiger partial charge is 0.264 e. The zero-order valence-corrected chi connectivity index (χ0v) is 24.7. The molecule has 39 heavy (non-hydrogen) atoms. The van der Waals surface area contributed by atoms with Gasteiger partial charge in [0.25, 0.3) is 10.0 Å². The maximum atomic E-state index is 13.9. The molecule has 10 heteroatoms. The van der Waals surface area contributed by atoms with Gasteiger partial charge in [-0.15, -0.1) is 0 Å². The Morgan fingerprint density at radius 1 is 0.897 bits per heavy atom. The third-order valence-electron chi connectivity index (χ3n) is 6.13. The number of halogens is 2. The molecule has 3 aromatic carbocycles. The second kappa shape index (κ2) is 13.3. The van der Waals surface area contributed by atoms with Crippen LogP contribution in [0.25, 0.3) is 0 Å². The zero-order chi connectivity index (χ0) is 28.7. The fourth-order valence-electron chi connectivity index (χ4n) is 3.82. The minimum Gasteiger partial charge on any atom is -0.354 e. The number of benzene rings is 3. The molecule has 0 spiro atoms. The van der Waals surface area contributed by atoms with Crippen LogP contribution in [-0.2, 0) is 26.2 Å². The first-order chi connectivity index (χ1) is 18.4. The van der Waals surface area contributed by atoms with Crippen LogP contribution in [-0.4, -0.2) is 44.3 Å². The van der Waals surface area contributed by atoms with Gasteiger partial charge in [0.05, 0.1) is 20.6 Å². The number of nitrogens with zero attached hydrogens (tertiary/aromatic N) is 2. The monoisotopic (exact) mass is 589 g/mol. The molecule has 208 valence electrons. The molecule has 0 aliphatic carbocycles. The van der Waals surface area contributed by atoms with Crippen molar-refractivity contribution in [2.75, 3.05) is 17.4 Å². The number of carbonyl (C=O) groups is 2. The van der Waals surface area contributed by atoms with Crippen LogP contribution in [0, 0.1) is 12.8 Å². The number of anilines is 1. The van der Waals surface area contributed by atoms with Crippen LogP contribution in [0.1, 0.15) is 31.9 Å². The summed E-state index contributed by atoms with van der Waals surface area (Å²) in [6.07, 6.45) is 0. The summed E-state index contributed by atoms with van der Waals surface area (Å²) in [6, 6.07) is 19.1. The van der Waals surface area contributed by atoms with Crippen molar-refractivity contribution in [3.8, 4) is 0 Å². The summed E-state index contributed by atoms with van der Waals surface area (Å²) >= 11 is 12.3. The molecule has 2 amide bonds. The van der Waals surface area contributed by atoms with Crippen molar-refractivity contribution < 1.29 is 18.0 Å². The van der Waals surface area contributed by atoms with Gasteiger partial charge in [-0.05, 0) is 55.7 Å². The van der Waals surface area contributed by atoms with Crippen molar-refractivity contribution in [2.24, 2.45) is 5.92 Å². The van der Waals surface area contributed by atoms with E-state index >= 15 is 0 Å². The Kier molecular flexibility index (Phi) is 10.4. The Bertz CT molecular complexity index is 1400. The van der Waals surface area contributed by atoms with E-state index in [1.165, 1.54) is 35.2 Å². The van der Waals surface area contributed by atoms with Gasteiger partial charge in [-0.3, -0.25) is 13.9 Å². The second-order valence-electron chi connectivity index (χ2n) is 9.75. The van der Waals surface area contributed by atoms with Crippen molar-refractivity contribution in [3.63, 3.8) is 0 Å². The van der Waals surface area contributed by atoms with Crippen LogP contribution in [0.15, 0.2) is 77.7 Å². The van der Waals surface area contributed by atoms with E-state index in [-0.39, 0.29) is 39.0 Å². The lowest BCUT2D eigenvalue weighted by Gasteiger charge is -2.32. The van der Waals surface area contributed by atoms with Crippen LogP contribution in [0.3, 0.4) is 0 Å². The molecule has 0 bridgehead atoms. The number of sulfonamides is 1. The fourth-order valence-corrected chi connectivity index (χ4v) is 5.52. The van der Waals surface area contributed by atoms with Crippen LogP contribution in [0.4, 0.5) is 5.69 Å². The Morgan fingerprint density at radius 2 is 1.54 bits per heavy atom. The fraction of sp³-hybridized carbons (Fsp3) is 0.310. The quantitative estimate of drug-likeness (QED) is 0.311. The molecule has 1 N–H and O–H groups in total. The Hall–Kier alpha value is -3.07. The molecule has 0 aromatic heterocycles. The number of hydrogen-bond donors (Lipinski definition) is 1. The van der Waals surface area contributed by atoms with E-state index in [1.807, 2.05) is 51.1 Å². The van der Waals surface area contributed by atoms with Crippen molar-refractivity contribution in [1.82, 2.24) is 10.2 Å². The van der Waals surface area contributed by atoms with E-state index in [9.17, 15) is 18.0 Å². The Balaban J connectivity index is 2.02. The molecule has 0 aliphatic heterocycles. The molecule has 0 saturated carbocycles. The first-order valence-electron chi connectivity index (χ1n) is 12.6. The Morgan fingerprint density at radius 3 is 2.13 bits per heavy atom. The summed E-state index contributed by atoms with van der Waals surface area (Å²) < 4.78 is 28.7. The molecule has 0 radical (unpaired) electrons. The van der Waals surface area contributed by atoms with Crippen LogP contribution >= 0.6 is 23.2 Å². The number of rotatable bonds is 11. The number of carbonyl (C=O) groups excluding carboxylic acids is 2. The van der Waals surface area contributed by atoms with E-state index in [2.05, 4.69) is 5.32 Å². The SMILES string of the molecule is Cc1ccc(S(=O)(=O)N(CC(=O)N(Cc2ccccc2)C(C)C(=O)NCC(C)C)c2ccc(Cl)c(Cl)c2)cc1. The molecule has 1 unspecified atom stereocenters. The first kappa shape index (κ1) is 30.5. The zero-order valence-electron chi connectivity index (χ0n) is 22.4. The van der Waals surface area contributed by atoms with Gasteiger partial charge in [-0.1, -0.05) is 85.1 Å². The molecule has 3 rings (SSSR count). The third kappa shape index (κ3) is 7.97. The maximum absolute atomic E-state index is 13.9. The standard InChI is InChI=1S/C29H33Cl2N3O4S/c1-20(2)17-32-29(36)22(4)33(18-23-8-6-5-7-9-23)28(35)19-34(24-12-15-26(30)27(31)16-24)39(37,38)25-13-10-21(3)11-14-25/h5-16,20,22H,17-19H2,1-4H3,(H,32,36). The van der Waals surface area contributed by atoms with Gasteiger partial charge in [0.1, 0.15) is 12.6 Å². The summed E-state index contributed by atoms with van der Waals surface area (Å²) in [5.41, 5.74) is 1.87. The van der Waals surface area contributed by atoms with E-state index in [1.54, 1.807) is 19.1 Å². The van der Waals surface area contributed by atoms with Gasteiger partial charge < -0.3 is 10.2 Å². The topological polar surface area (TPSA) is 86.8 Å². The second-order valence-corrected chi connectivity index (χ2v) is 12.4. The first-order valence-corrected chi connectivity index (χ1v) is 14.7. The van der Waals surface area contributed by atoms with Crippen LogP contribution in [0.5, 0.6) is 0 Å². The summed E-state index contributed by atoms with van der Waals surface area (Å²) in [5, 5.41) is 3.26. The average molecular weight is 591 g/mol. The normalized spacial score (nSPS) is 12.2. The van der Waals surface area contributed by atoms with Crippen LogP contribution < -0.4 is 9.62 Å². The van der Waals surface area contributed by atoms with Gasteiger partial charge in [-0.2, -0.15) is 0 Å². The highest BCUT2D eigenvalue weighted by Gasteiger charge is 2.32. The summed E-state index contributed by atoms with van der Waals surface area (Å²) in [5.74, 6) is -0.646. The predicted molar refractivity (Wildman–Crippen MR) is 156 cm³/mol. The molecular weight excluding hydrogens is 557 g/mol. The molecule has 0 aliphatic rings. The van der Waals surface area contributed by atoms with E-state index in [0.717, 1.165) is 15.4 Å². The lowest BCUT2D eigenvalue weighted by atomic mass is 10.1. The molecule has 0 heterocycles. The molecule has 0 saturated heterocycles. The minimum atomic E-state index is -4.19. The number of amides is 2.